The van der Waals surface area contributed by atoms with Crippen LogP contribution in [0.15, 0.2) is 0 Å². The fourth-order valence-corrected chi connectivity index (χ4v) is 53.6. The SMILES string of the molecule is C[Si](C)(C)[CH]([Sn+2][CH]([Si](C)(C)C)[Si](C)(C)C)[Si](C)(C)C. The second-order valence-corrected chi connectivity index (χ2v) is 43.7. The van der Waals surface area contributed by atoms with E-state index in [9.17, 15) is 0 Å². The van der Waals surface area contributed by atoms with Crippen molar-refractivity contribution in [1.82, 2.24) is 0 Å². The zero-order valence-corrected chi connectivity index (χ0v) is 22.5. The first-order valence-corrected chi connectivity index (χ1v) is 25.3. The molecule has 0 aliphatic carbocycles. The third kappa shape index (κ3) is 6.97. The third-order valence-corrected chi connectivity index (χ3v) is 57.2. The third-order valence-electron chi connectivity index (χ3n) is 3.80. The number of hydrogen-bond donors (Lipinski definition) is 0. The molecule has 0 amide bonds. The van der Waals surface area contributed by atoms with Crippen molar-refractivity contribution in [2.24, 2.45) is 0 Å². The fraction of sp³-hybridized carbons (Fsp3) is 1.00. The summed E-state index contributed by atoms with van der Waals surface area (Å²) in [6.07, 6.45) is 0. The van der Waals surface area contributed by atoms with Crippen LogP contribution in [-0.2, 0) is 0 Å². The van der Waals surface area contributed by atoms with Gasteiger partial charge in [-0.3, -0.25) is 0 Å². The molecule has 0 nitrogen and oxygen atoms in total. The van der Waals surface area contributed by atoms with Crippen LogP contribution < -0.4 is 0 Å². The second kappa shape index (κ2) is 6.42. The molecule has 0 aliphatic rings. The van der Waals surface area contributed by atoms with Gasteiger partial charge in [0.1, 0.15) is 0 Å². The summed E-state index contributed by atoms with van der Waals surface area (Å²) in [5.41, 5.74) is 0. The van der Waals surface area contributed by atoms with Crippen LogP contribution in [0, 0.1) is 0 Å². The first-order chi connectivity index (χ1) is 7.97. The van der Waals surface area contributed by atoms with Gasteiger partial charge < -0.3 is 0 Å². The molecular weight excluding hydrogens is 399 g/mol. The molecule has 5 heteroatoms. The van der Waals surface area contributed by atoms with Crippen molar-refractivity contribution in [1.29, 1.82) is 0 Å². The van der Waals surface area contributed by atoms with Crippen LogP contribution >= 0.6 is 0 Å². The molecule has 0 rings (SSSR count). The van der Waals surface area contributed by atoms with Crippen LogP contribution in [0.5, 0.6) is 0 Å². The number of hydrogen-bond acceptors (Lipinski definition) is 0. The van der Waals surface area contributed by atoms with Gasteiger partial charge in [-0.25, -0.2) is 0 Å². The van der Waals surface area contributed by atoms with Gasteiger partial charge in [-0.2, -0.15) is 0 Å². The quantitative estimate of drug-likeness (QED) is 0.463. The zero-order chi connectivity index (χ0) is 15.9. The van der Waals surface area contributed by atoms with E-state index in [1.54, 1.807) is 0 Å². The molecule has 0 fully saturated rings. The summed E-state index contributed by atoms with van der Waals surface area (Å²) in [6, 6.07) is 0. The maximum absolute atomic E-state index is 2.66. The maximum atomic E-state index is 2.66. The van der Waals surface area contributed by atoms with Gasteiger partial charge in [-0.05, 0) is 0 Å². The Hall–Kier alpha value is 1.67. The Morgan fingerprint density at radius 1 is 0.421 bits per heavy atom. The van der Waals surface area contributed by atoms with Crippen LogP contribution in [0.4, 0.5) is 0 Å². The first-order valence-electron chi connectivity index (χ1n) is 7.73. The van der Waals surface area contributed by atoms with Crippen molar-refractivity contribution in [2.45, 2.75) is 84.9 Å². The minimum atomic E-state index is -0.961. The summed E-state index contributed by atoms with van der Waals surface area (Å²) in [7, 11) is -3.84. The Morgan fingerprint density at radius 2 is 0.579 bits per heavy atom. The molecule has 0 aromatic carbocycles. The van der Waals surface area contributed by atoms with Crippen LogP contribution in [-0.4, -0.2) is 53.4 Å². The van der Waals surface area contributed by atoms with E-state index in [0.717, 1.165) is 0 Å². The van der Waals surface area contributed by atoms with Crippen molar-refractivity contribution < 1.29 is 0 Å². The number of rotatable bonds is 6. The van der Waals surface area contributed by atoms with Gasteiger partial charge in [0.05, 0.1) is 0 Å². The molecule has 0 bridgehead atoms. The molecule has 0 saturated carbocycles. The Bertz CT molecular complexity index is 231. The van der Waals surface area contributed by atoms with E-state index in [2.05, 4.69) is 78.6 Å². The Morgan fingerprint density at radius 3 is 0.684 bits per heavy atom. The minimum absolute atomic E-state index is 0.266. The molecule has 0 saturated heterocycles. The molecule has 0 heterocycles. The summed E-state index contributed by atoms with van der Waals surface area (Å²) < 4.78 is 2.51. The molecule has 112 valence electrons. The molecule has 0 spiro atoms. The van der Waals surface area contributed by atoms with Gasteiger partial charge in [0.15, 0.2) is 0 Å². The van der Waals surface area contributed by atoms with Gasteiger partial charge in [-0.1, -0.05) is 0 Å². The van der Waals surface area contributed by atoms with Gasteiger partial charge in [0, 0.05) is 0 Å². The average Bonchev–Trinajstić information content (AvgIpc) is 1.91. The summed E-state index contributed by atoms with van der Waals surface area (Å²) >= 11 is -0.266. The van der Waals surface area contributed by atoms with Crippen molar-refractivity contribution in [3.05, 3.63) is 0 Å². The molecule has 0 aromatic rings. The van der Waals surface area contributed by atoms with E-state index < -0.39 is 32.3 Å². The van der Waals surface area contributed by atoms with Crippen molar-refractivity contribution in [2.75, 3.05) is 0 Å². The summed E-state index contributed by atoms with van der Waals surface area (Å²) in [4.78, 5) is 0. The Labute approximate surface area is 137 Å². The molecule has 0 radical (unpaired) electrons. The predicted molar refractivity (Wildman–Crippen MR) is 107 cm³/mol. The van der Waals surface area contributed by atoms with E-state index in [1.165, 1.54) is 6.36 Å². The molecule has 0 aliphatic heterocycles. The Balaban J connectivity index is 5.43. The first kappa shape index (κ1) is 20.7. The summed E-state index contributed by atoms with van der Waals surface area (Å²) in [5, 5.41) is 0. The normalized spacial score (nSPS) is 15.1. The molecule has 0 aromatic heterocycles. The van der Waals surface area contributed by atoms with E-state index in [4.69, 9.17) is 0 Å². The summed E-state index contributed by atoms with van der Waals surface area (Å²) in [5.74, 6) is 0. The average molecular weight is 438 g/mol. The van der Waals surface area contributed by atoms with E-state index in [-0.39, 0.29) is 21.1 Å². The van der Waals surface area contributed by atoms with E-state index >= 15 is 0 Å². The molecule has 19 heavy (non-hydrogen) atoms. The van der Waals surface area contributed by atoms with Gasteiger partial charge in [0.2, 0.25) is 0 Å². The molecule has 0 N–H and O–H groups in total. The predicted octanol–water partition coefficient (Wildman–Crippen LogP) is 5.78. The summed E-state index contributed by atoms with van der Waals surface area (Å²) in [6.45, 7) is 31.9. The van der Waals surface area contributed by atoms with Crippen molar-refractivity contribution in [3.63, 3.8) is 0 Å². The van der Waals surface area contributed by atoms with Crippen molar-refractivity contribution >= 4 is 53.4 Å². The monoisotopic (exact) mass is 438 g/mol. The molecule has 0 unspecified atom stereocenters. The van der Waals surface area contributed by atoms with Gasteiger partial charge in [0.25, 0.3) is 0 Å². The van der Waals surface area contributed by atoms with Crippen LogP contribution in [0.1, 0.15) is 0 Å². The van der Waals surface area contributed by atoms with E-state index in [1.807, 2.05) is 0 Å². The zero-order valence-electron chi connectivity index (χ0n) is 15.7. The topological polar surface area (TPSA) is 0 Å². The van der Waals surface area contributed by atoms with Crippen LogP contribution in [0.3, 0.4) is 0 Å². The second-order valence-electron chi connectivity index (χ2n) is 10.5. The van der Waals surface area contributed by atoms with Crippen LogP contribution in [0.25, 0.3) is 0 Å². The van der Waals surface area contributed by atoms with Gasteiger partial charge >= 0.3 is 138 Å². The molecule has 0 atom stereocenters. The van der Waals surface area contributed by atoms with E-state index in [0.29, 0.717) is 0 Å². The van der Waals surface area contributed by atoms with Crippen molar-refractivity contribution in [3.8, 4) is 0 Å². The Kier molecular flexibility index (Phi) is 6.98. The van der Waals surface area contributed by atoms with Gasteiger partial charge in [-0.15, -0.1) is 0 Å². The van der Waals surface area contributed by atoms with Crippen LogP contribution in [0.2, 0.25) is 84.9 Å². The standard InChI is InChI=1S/2C7H19Si2.Sn/c2*1-8(2,3)7-9(4,5)6;/h2*7H,1-6H3;/q;;+2. The fourth-order valence-electron chi connectivity index (χ4n) is 3.76. The molecular formula is C14H38Si4Sn+2.